The molecule has 0 heterocycles. The van der Waals surface area contributed by atoms with Gasteiger partial charge in [-0.05, 0) is 37.8 Å². The van der Waals surface area contributed by atoms with E-state index in [1.165, 1.54) is 25.0 Å². The summed E-state index contributed by atoms with van der Waals surface area (Å²) in [6, 6.07) is 3.95. The maximum Gasteiger partial charge on any atom is 0.164 e. The van der Waals surface area contributed by atoms with E-state index in [0.717, 1.165) is 31.5 Å². The Kier molecular flexibility index (Phi) is 4.88. The van der Waals surface area contributed by atoms with Gasteiger partial charge in [0.1, 0.15) is 0 Å². The summed E-state index contributed by atoms with van der Waals surface area (Å²) in [4.78, 5) is 2.15. The van der Waals surface area contributed by atoms with Gasteiger partial charge in [-0.25, -0.2) is 8.78 Å². The molecule has 4 heteroatoms. The maximum absolute atomic E-state index is 13.6. The van der Waals surface area contributed by atoms with Gasteiger partial charge < -0.3 is 10.0 Å². The molecule has 2 nitrogen and oxygen atoms in total. The summed E-state index contributed by atoms with van der Waals surface area (Å²) in [5.41, 5.74) is 0.0527. The Balaban J connectivity index is 2.00. The van der Waals surface area contributed by atoms with Gasteiger partial charge in [-0.15, -0.1) is 0 Å². The zero-order chi connectivity index (χ0) is 13.8. The van der Waals surface area contributed by atoms with Crippen molar-refractivity contribution in [3.8, 4) is 0 Å². The monoisotopic (exact) mass is 269 g/mol. The molecule has 0 saturated heterocycles. The lowest BCUT2D eigenvalue weighted by molar-refractivity contribution is 0.106. The molecule has 0 aromatic heterocycles. The second-order valence-corrected chi connectivity index (χ2v) is 5.36. The Hall–Kier alpha value is -1.00. The van der Waals surface area contributed by atoms with Crippen molar-refractivity contribution in [2.75, 3.05) is 19.6 Å². The van der Waals surface area contributed by atoms with Crippen LogP contribution in [-0.2, 0) is 0 Å². The first-order valence-electron chi connectivity index (χ1n) is 6.96. The fourth-order valence-electron chi connectivity index (χ4n) is 2.36. The number of rotatable bonds is 7. The van der Waals surface area contributed by atoms with E-state index in [9.17, 15) is 13.9 Å². The predicted octanol–water partition coefficient (Wildman–Crippen LogP) is 3.12. The van der Waals surface area contributed by atoms with Gasteiger partial charge in [-0.1, -0.05) is 19.1 Å². The van der Waals surface area contributed by atoms with Gasteiger partial charge in [0.25, 0.3) is 0 Å². The van der Waals surface area contributed by atoms with Crippen LogP contribution in [0.25, 0.3) is 0 Å². The summed E-state index contributed by atoms with van der Waals surface area (Å²) in [6.07, 6.45) is 2.50. The van der Waals surface area contributed by atoms with Gasteiger partial charge in [-0.2, -0.15) is 0 Å². The van der Waals surface area contributed by atoms with Gasteiger partial charge in [0.15, 0.2) is 11.6 Å². The highest BCUT2D eigenvalue weighted by atomic mass is 19.2. The number of halogens is 2. The fourth-order valence-corrected chi connectivity index (χ4v) is 2.36. The molecule has 1 N–H and O–H groups in total. The summed E-state index contributed by atoms with van der Waals surface area (Å²) in [5, 5.41) is 10.1. The summed E-state index contributed by atoms with van der Waals surface area (Å²) >= 11 is 0. The molecule has 19 heavy (non-hydrogen) atoms. The second-order valence-electron chi connectivity index (χ2n) is 5.36. The molecule has 1 fully saturated rings. The van der Waals surface area contributed by atoms with Crippen LogP contribution in [0.3, 0.4) is 0 Å². The third-order valence-electron chi connectivity index (χ3n) is 3.52. The number of aliphatic hydroxyl groups excluding tert-OH is 1. The largest absolute Gasteiger partial charge is 0.387 e. The molecule has 1 saturated carbocycles. The number of aliphatic hydroxyl groups is 1. The van der Waals surface area contributed by atoms with E-state index in [4.69, 9.17) is 0 Å². The molecule has 106 valence electrons. The summed E-state index contributed by atoms with van der Waals surface area (Å²) in [6.45, 7) is 4.27. The standard InChI is InChI=1S/C15H21F2NO/c1-2-8-18(9-11-6-7-11)10-14(19)12-4-3-5-13(16)15(12)17/h3-5,11,14,19H,2,6-10H2,1H3. The third kappa shape index (κ3) is 3.98. The van der Waals surface area contributed by atoms with E-state index in [-0.39, 0.29) is 5.56 Å². The van der Waals surface area contributed by atoms with Crippen LogP contribution in [0.15, 0.2) is 18.2 Å². The van der Waals surface area contributed by atoms with E-state index in [2.05, 4.69) is 11.8 Å². The average Bonchev–Trinajstić information content (AvgIpc) is 3.16. The van der Waals surface area contributed by atoms with Crippen LogP contribution >= 0.6 is 0 Å². The minimum atomic E-state index is -0.971. The van der Waals surface area contributed by atoms with Gasteiger partial charge in [0, 0.05) is 18.7 Å². The van der Waals surface area contributed by atoms with Crippen LogP contribution in [0.2, 0.25) is 0 Å². The lowest BCUT2D eigenvalue weighted by Crippen LogP contribution is -2.31. The Morgan fingerprint density at radius 3 is 2.74 bits per heavy atom. The molecular weight excluding hydrogens is 248 g/mol. The molecule has 0 amide bonds. The molecule has 2 rings (SSSR count). The van der Waals surface area contributed by atoms with Crippen molar-refractivity contribution in [2.24, 2.45) is 5.92 Å². The Morgan fingerprint density at radius 1 is 1.37 bits per heavy atom. The first-order valence-corrected chi connectivity index (χ1v) is 6.96. The lowest BCUT2D eigenvalue weighted by Gasteiger charge is -2.25. The highest BCUT2D eigenvalue weighted by molar-refractivity contribution is 5.21. The van der Waals surface area contributed by atoms with Crippen molar-refractivity contribution >= 4 is 0 Å². The van der Waals surface area contributed by atoms with Crippen LogP contribution < -0.4 is 0 Å². The number of hydrogen-bond donors (Lipinski definition) is 1. The Morgan fingerprint density at radius 2 is 2.11 bits per heavy atom. The normalized spacial score (nSPS) is 16.9. The van der Waals surface area contributed by atoms with Gasteiger partial charge in [0.2, 0.25) is 0 Å². The fraction of sp³-hybridized carbons (Fsp3) is 0.600. The summed E-state index contributed by atoms with van der Waals surface area (Å²) in [7, 11) is 0. The highest BCUT2D eigenvalue weighted by Crippen LogP contribution is 2.30. The van der Waals surface area contributed by atoms with Crippen LogP contribution in [-0.4, -0.2) is 29.6 Å². The van der Waals surface area contributed by atoms with E-state index in [0.29, 0.717) is 6.54 Å². The highest BCUT2D eigenvalue weighted by Gasteiger charge is 2.26. The Bertz CT molecular complexity index is 421. The topological polar surface area (TPSA) is 23.5 Å². The van der Waals surface area contributed by atoms with Gasteiger partial charge in [0.05, 0.1) is 6.10 Å². The molecule has 1 aromatic rings. The number of hydrogen-bond acceptors (Lipinski definition) is 2. The molecule has 1 atom stereocenters. The van der Waals surface area contributed by atoms with Crippen LogP contribution in [0.4, 0.5) is 8.78 Å². The van der Waals surface area contributed by atoms with E-state index in [1.807, 2.05) is 0 Å². The SMILES string of the molecule is CCCN(CC1CC1)CC(O)c1cccc(F)c1F. The van der Waals surface area contributed by atoms with Crippen molar-refractivity contribution in [3.05, 3.63) is 35.4 Å². The summed E-state index contributed by atoms with van der Waals surface area (Å²) < 4.78 is 26.8. The van der Waals surface area contributed by atoms with Crippen LogP contribution in [0.5, 0.6) is 0 Å². The first-order chi connectivity index (χ1) is 9.11. The minimum absolute atomic E-state index is 0.0527. The molecular formula is C15H21F2NO. The van der Waals surface area contributed by atoms with E-state index < -0.39 is 17.7 Å². The number of benzene rings is 1. The van der Waals surface area contributed by atoms with Crippen LogP contribution in [0, 0.1) is 17.6 Å². The lowest BCUT2D eigenvalue weighted by atomic mass is 10.1. The zero-order valence-electron chi connectivity index (χ0n) is 11.3. The second kappa shape index (κ2) is 6.44. The van der Waals surface area contributed by atoms with Gasteiger partial charge >= 0.3 is 0 Å². The van der Waals surface area contributed by atoms with Crippen molar-refractivity contribution in [2.45, 2.75) is 32.3 Å². The third-order valence-corrected chi connectivity index (χ3v) is 3.52. The van der Waals surface area contributed by atoms with Crippen molar-refractivity contribution in [1.82, 2.24) is 4.90 Å². The predicted molar refractivity (Wildman–Crippen MR) is 70.8 cm³/mol. The molecule has 1 aliphatic rings. The van der Waals surface area contributed by atoms with Crippen molar-refractivity contribution in [3.63, 3.8) is 0 Å². The molecule has 1 aliphatic carbocycles. The number of nitrogens with zero attached hydrogens (tertiary/aromatic N) is 1. The minimum Gasteiger partial charge on any atom is -0.387 e. The molecule has 0 radical (unpaired) electrons. The molecule has 0 bridgehead atoms. The van der Waals surface area contributed by atoms with E-state index in [1.54, 1.807) is 0 Å². The van der Waals surface area contributed by atoms with Crippen LogP contribution in [0.1, 0.15) is 37.9 Å². The summed E-state index contributed by atoms with van der Waals surface area (Å²) in [5.74, 6) is -1.12. The van der Waals surface area contributed by atoms with Gasteiger partial charge in [-0.3, -0.25) is 0 Å². The maximum atomic E-state index is 13.6. The van der Waals surface area contributed by atoms with E-state index >= 15 is 0 Å². The molecule has 0 spiro atoms. The molecule has 1 aromatic carbocycles. The first kappa shape index (κ1) is 14.4. The average molecular weight is 269 g/mol. The van der Waals surface area contributed by atoms with Crippen molar-refractivity contribution < 1.29 is 13.9 Å². The smallest absolute Gasteiger partial charge is 0.164 e. The molecule has 0 aliphatic heterocycles. The quantitative estimate of drug-likeness (QED) is 0.822. The Labute approximate surface area is 113 Å². The molecule has 1 unspecified atom stereocenters. The van der Waals surface area contributed by atoms with Crippen molar-refractivity contribution in [1.29, 1.82) is 0 Å². The zero-order valence-corrected chi connectivity index (χ0v) is 11.3.